The molecule has 0 saturated carbocycles. The molecule has 142 valence electrons. The fourth-order valence-corrected chi connectivity index (χ4v) is 3.74. The molecular formula is C21H26IN5. The minimum Gasteiger partial charge on any atom is -0.352 e. The highest BCUT2D eigenvalue weighted by atomic mass is 127. The molecular weight excluding hydrogens is 449 g/mol. The lowest BCUT2D eigenvalue weighted by atomic mass is 10.0. The van der Waals surface area contributed by atoms with E-state index in [-0.39, 0.29) is 24.0 Å². The Hall–Kier alpha value is -2.09. The van der Waals surface area contributed by atoms with E-state index in [2.05, 4.69) is 69.0 Å². The highest BCUT2D eigenvalue weighted by molar-refractivity contribution is 14.0. The molecule has 0 spiro atoms. The third-order valence-electron chi connectivity index (χ3n) is 5.16. The summed E-state index contributed by atoms with van der Waals surface area (Å²) >= 11 is 0. The summed E-state index contributed by atoms with van der Waals surface area (Å²) in [6.07, 6.45) is 5.25. The summed E-state index contributed by atoms with van der Waals surface area (Å²) in [7, 11) is 3.83. The number of aliphatic imine (C=N–C) groups is 1. The van der Waals surface area contributed by atoms with Crippen LogP contribution >= 0.6 is 24.0 Å². The van der Waals surface area contributed by atoms with Crippen LogP contribution in [0.1, 0.15) is 23.5 Å². The Morgan fingerprint density at radius 2 is 2.04 bits per heavy atom. The molecule has 27 heavy (non-hydrogen) atoms. The van der Waals surface area contributed by atoms with E-state index >= 15 is 0 Å². The number of nitrogens with zero attached hydrogens (tertiary/aromatic N) is 4. The average molecular weight is 475 g/mol. The number of nitrogens with one attached hydrogen (secondary N) is 1. The van der Waals surface area contributed by atoms with Gasteiger partial charge in [-0.25, -0.2) is 0 Å². The quantitative estimate of drug-likeness (QED) is 0.357. The molecule has 6 heteroatoms. The molecule has 1 aliphatic heterocycles. The molecule has 0 bridgehead atoms. The van der Waals surface area contributed by atoms with E-state index in [1.807, 2.05) is 25.0 Å². The number of hydrogen-bond acceptors (Lipinski definition) is 2. The molecule has 1 aromatic heterocycles. The molecule has 1 fully saturated rings. The normalized spacial score (nSPS) is 17.2. The van der Waals surface area contributed by atoms with Gasteiger partial charge in [0.25, 0.3) is 0 Å². The van der Waals surface area contributed by atoms with Gasteiger partial charge in [-0.3, -0.25) is 9.67 Å². The van der Waals surface area contributed by atoms with Crippen molar-refractivity contribution in [1.82, 2.24) is 20.0 Å². The first-order valence-corrected chi connectivity index (χ1v) is 9.15. The molecule has 1 atom stereocenters. The van der Waals surface area contributed by atoms with Crippen LogP contribution in [0.25, 0.3) is 10.8 Å². The van der Waals surface area contributed by atoms with Crippen LogP contribution in [0.2, 0.25) is 0 Å². The van der Waals surface area contributed by atoms with Gasteiger partial charge in [0.15, 0.2) is 5.96 Å². The SMILES string of the molecule is CN=C(NCc1ccc2ccccc2c1)N1CCC(c2cnn(C)c2)C1.I. The maximum absolute atomic E-state index is 4.49. The largest absolute Gasteiger partial charge is 0.352 e. The monoisotopic (exact) mass is 475 g/mol. The number of hydrogen-bond donors (Lipinski definition) is 1. The highest BCUT2D eigenvalue weighted by Crippen LogP contribution is 2.26. The van der Waals surface area contributed by atoms with E-state index in [0.29, 0.717) is 5.92 Å². The summed E-state index contributed by atoms with van der Waals surface area (Å²) in [5, 5.41) is 10.4. The predicted octanol–water partition coefficient (Wildman–Crippen LogP) is 3.76. The minimum absolute atomic E-state index is 0. The molecule has 1 aliphatic rings. The molecule has 0 radical (unpaired) electrons. The smallest absolute Gasteiger partial charge is 0.193 e. The zero-order chi connectivity index (χ0) is 17.9. The van der Waals surface area contributed by atoms with Gasteiger partial charge in [-0.15, -0.1) is 24.0 Å². The van der Waals surface area contributed by atoms with E-state index in [9.17, 15) is 0 Å². The summed E-state index contributed by atoms with van der Waals surface area (Å²) in [6.45, 7) is 2.80. The molecule has 1 saturated heterocycles. The van der Waals surface area contributed by atoms with Crippen molar-refractivity contribution in [3.8, 4) is 0 Å². The zero-order valence-electron chi connectivity index (χ0n) is 15.8. The first-order chi connectivity index (χ1) is 12.7. The number of aromatic nitrogens is 2. The second-order valence-corrected chi connectivity index (χ2v) is 6.96. The third kappa shape index (κ3) is 4.43. The van der Waals surface area contributed by atoms with Gasteiger partial charge in [0.2, 0.25) is 0 Å². The fourth-order valence-electron chi connectivity index (χ4n) is 3.74. The van der Waals surface area contributed by atoms with Crippen LogP contribution < -0.4 is 5.32 Å². The lowest BCUT2D eigenvalue weighted by Gasteiger charge is -2.21. The number of fused-ring (bicyclic) bond motifs is 1. The number of aryl methyl sites for hydroxylation is 1. The molecule has 0 aliphatic carbocycles. The van der Waals surface area contributed by atoms with Crippen LogP contribution in [0.4, 0.5) is 0 Å². The Balaban J connectivity index is 0.00000210. The van der Waals surface area contributed by atoms with E-state index in [0.717, 1.165) is 32.0 Å². The van der Waals surface area contributed by atoms with Crippen molar-refractivity contribution in [3.05, 3.63) is 66.0 Å². The molecule has 0 amide bonds. The van der Waals surface area contributed by atoms with Crippen LogP contribution in [0.5, 0.6) is 0 Å². The lowest BCUT2D eigenvalue weighted by molar-refractivity contribution is 0.486. The van der Waals surface area contributed by atoms with Crippen molar-refractivity contribution < 1.29 is 0 Å². The Morgan fingerprint density at radius 3 is 2.78 bits per heavy atom. The van der Waals surface area contributed by atoms with E-state index in [1.54, 1.807) is 0 Å². The second-order valence-electron chi connectivity index (χ2n) is 6.96. The summed E-state index contributed by atoms with van der Waals surface area (Å²) < 4.78 is 1.88. The zero-order valence-corrected chi connectivity index (χ0v) is 18.1. The van der Waals surface area contributed by atoms with Gasteiger partial charge in [0, 0.05) is 45.8 Å². The molecule has 1 unspecified atom stereocenters. The van der Waals surface area contributed by atoms with Gasteiger partial charge in [0.05, 0.1) is 6.20 Å². The molecule has 2 heterocycles. The first-order valence-electron chi connectivity index (χ1n) is 9.15. The summed E-state index contributed by atoms with van der Waals surface area (Å²) in [4.78, 5) is 6.84. The van der Waals surface area contributed by atoms with Gasteiger partial charge < -0.3 is 10.2 Å². The molecule has 5 nitrogen and oxygen atoms in total. The van der Waals surface area contributed by atoms with Gasteiger partial charge >= 0.3 is 0 Å². The van der Waals surface area contributed by atoms with Crippen molar-refractivity contribution in [3.63, 3.8) is 0 Å². The predicted molar refractivity (Wildman–Crippen MR) is 122 cm³/mol. The van der Waals surface area contributed by atoms with E-state index in [1.165, 1.54) is 21.9 Å². The second kappa shape index (κ2) is 8.73. The average Bonchev–Trinajstić information content (AvgIpc) is 3.31. The highest BCUT2D eigenvalue weighted by Gasteiger charge is 2.26. The topological polar surface area (TPSA) is 45.5 Å². The van der Waals surface area contributed by atoms with Crippen molar-refractivity contribution in [1.29, 1.82) is 0 Å². The summed E-state index contributed by atoms with van der Waals surface area (Å²) in [6, 6.07) is 15.1. The van der Waals surface area contributed by atoms with Gasteiger partial charge in [-0.1, -0.05) is 36.4 Å². The molecule has 4 rings (SSSR count). The number of likely N-dealkylation sites (tertiary alicyclic amines) is 1. The third-order valence-corrected chi connectivity index (χ3v) is 5.16. The van der Waals surface area contributed by atoms with Crippen molar-refractivity contribution in [2.75, 3.05) is 20.1 Å². The van der Waals surface area contributed by atoms with Crippen molar-refractivity contribution >= 4 is 40.7 Å². The summed E-state index contributed by atoms with van der Waals surface area (Å²) in [5.41, 5.74) is 2.59. The van der Waals surface area contributed by atoms with Crippen molar-refractivity contribution in [2.24, 2.45) is 12.0 Å². The van der Waals surface area contributed by atoms with Crippen LogP contribution in [0.15, 0.2) is 59.9 Å². The summed E-state index contributed by atoms with van der Waals surface area (Å²) in [5.74, 6) is 1.51. The fraction of sp³-hybridized carbons (Fsp3) is 0.333. The Labute approximate surface area is 177 Å². The number of rotatable bonds is 3. The lowest BCUT2D eigenvalue weighted by Crippen LogP contribution is -2.39. The maximum Gasteiger partial charge on any atom is 0.193 e. The molecule has 3 aromatic rings. The maximum atomic E-state index is 4.49. The minimum atomic E-state index is 0. The Kier molecular flexibility index (Phi) is 6.36. The van der Waals surface area contributed by atoms with Crippen LogP contribution in [-0.2, 0) is 13.6 Å². The number of halogens is 1. The van der Waals surface area contributed by atoms with Gasteiger partial charge in [0.1, 0.15) is 0 Å². The molecule has 2 aromatic carbocycles. The Morgan fingerprint density at radius 1 is 1.22 bits per heavy atom. The van der Waals surface area contributed by atoms with Crippen LogP contribution in [0.3, 0.4) is 0 Å². The first kappa shape index (κ1) is 19.7. The standard InChI is InChI=1S/C21H25N5.HI/c1-22-21(26-10-9-19(15-26)20-13-24-25(2)14-20)23-12-16-7-8-17-5-3-4-6-18(17)11-16;/h3-8,11,13-14,19H,9-10,12,15H2,1-2H3,(H,22,23);1H. The van der Waals surface area contributed by atoms with Gasteiger partial charge in [-0.2, -0.15) is 5.10 Å². The van der Waals surface area contributed by atoms with Crippen LogP contribution in [0, 0.1) is 0 Å². The Bertz CT molecular complexity index is 933. The number of benzene rings is 2. The molecule has 1 N–H and O–H groups in total. The van der Waals surface area contributed by atoms with E-state index in [4.69, 9.17) is 0 Å². The van der Waals surface area contributed by atoms with Crippen LogP contribution in [-0.4, -0.2) is 40.8 Å². The van der Waals surface area contributed by atoms with E-state index < -0.39 is 0 Å². The van der Waals surface area contributed by atoms with Crippen molar-refractivity contribution in [2.45, 2.75) is 18.9 Å². The number of guanidine groups is 1. The van der Waals surface area contributed by atoms with Gasteiger partial charge in [-0.05, 0) is 34.4 Å².